The second kappa shape index (κ2) is 9.62. The van der Waals surface area contributed by atoms with Crippen LogP contribution in [0, 0.1) is 0 Å². The summed E-state index contributed by atoms with van der Waals surface area (Å²) in [5, 5.41) is 7.05. The van der Waals surface area contributed by atoms with Crippen LogP contribution in [0.1, 0.15) is 54.6 Å². The number of nitrogens with zero attached hydrogens (tertiary/aromatic N) is 4. The highest BCUT2D eigenvalue weighted by Crippen LogP contribution is 2.22. The number of aromatic nitrogens is 3. The minimum absolute atomic E-state index is 0.164. The first kappa shape index (κ1) is 22.2. The fourth-order valence-electron chi connectivity index (χ4n) is 3.85. The van der Waals surface area contributed by atoms with Crippen LogP contribution in [0.4, 0.5) is 0 Å². The zero-order valence-corrected chi connectivity index (χ0v) is 18.8. The molecule has 0 spiro atoms. The van der Waals surface area contributed by atoms with E-state index in [4.69, 9.17) is 0 Å². The molecule has 1 aliphatic rings. The van der Waals surface area contributed by atoms with E-state index in [2.05, 4.69) is 15.4 Å². The molecule has 1 saturated heterocycles. The maximum absolute atomic E-state index is 13.1. The van der Waals surface area contributed by atoms with E-state index in [1.54, 1.807) is 29.2 Å². The van der Waals surface area contributed by atoms with Gasteiger partial charge in [-0.25, -0.2) is 18.1 Å². The average Bonchev–Trinajstić information content (AvgIpc) is 3.20. The molecular weight excluding hydrogens is 426 g/mol. The van der Waals surface area contributed by atoms with Gasteiger partial charge in [0.25, 0.3) is 5.91 Å². The van der Waals surface area contributed by atoms with E-state index in [-0.39, 0.29) is 16.8 Å². The minimum Gasteiger partial charge on any atom is -0.346 e. The minimum atomic E-state index is -3.61. The van der Waals surface area contributed by atoms with E-state index in [0.717, 1.165) is 36.9 Å². The first-order valence-corrected chi connectivity index (χ1v) is 12.3. The molecule has 3 aromatic rings. The molecule has 2 heterocycles. The Morgan fingerprint density at radius 1 is 1.03 bits per heavy atom. The Bertz CT molecular complexity index is 1150. The third kappa shape index (κ3) is 4.89. The average molecular weight is 454 g/mol. The molecule has 2 aromatic carbocycles. The SMILES string of the molecule is C[C@@H](NC(=O)c1cccc(S(=O)(=O)N2CCCCCC2)c1)c1ccc(-n2cncn2)cc1. The van der Waals surface area contributed by atoms with Gasteiger partial charge in [0.05, 0.1) is 16.6 Å². The van der Waals surface area contributed by atoms with E-state index in [0.29, 0.717) is 18.7 Å². The summed E-state index contributed by atoms with van der Waals surface area (Å²) in [6.07, 6.45) is 6.92. The molecule has 1 aliphatic heterocycles. The Morgan fingerprint density at radius 2 is 1.75 bits per heavy atom. The Labute approximate surface area is 188 Å². The number of carbonyl (C=O) groups excluding carboxylic acids is 1. The zero-order chi connectivity index (χ0) is 22.6. The van der Waals surface area contributed by atoms with E-state index in [1.165, 1.54) is 16.7 Å². The molecule has 1 amide bonds. The first-order valence-electron chi connectivity index (χ1n) is 10.8. The van der Waals surface area contributed by atoms with Gasteiger partial charge in [-0.15, -0.1) is 0 Å². The molecule has 8 nitrogen and oxygen atoms in total. The van der Waals surface area contributed by atoms with Crippen molar-refractivity contribution in [3.63, 3.8) is 0 Å². The van der Waals surface area contributed by atoms with E-state index in [9.17, 15) is 13.2 Å². The second-order valence-electron chi connectivity index (χ2n) is 7.97. The van der Waals surface area contributed by atoms with Crippen molar-refractivity contribution in [1.29, 1.82) is 0 Å². The Balaban J connectivity index is 1.46. The lowest BCUT2D eigenvalue weighted by molar-refractivity contribution is 0.0939. The number of carbonyl (C=O) groups is 1. The van der Waals surface area contributed by atoms with Gasteiger partial charge in [0, 0.05) is 18.7 Å². The number of sulfonamides is 1. The molecule has 0 radical (unpaired) electrons. The lowest BCUT2D eigenvalue weighted by Crippen LogP contribution is -2.32. The van der Waals surface area contributed by atoms with Crippen molar-refractivity contribution in [2.45, 2.75) is 43.5 Å². The lowest BCUT2D eigenvalue weighted by Gasteiger charge is -2.20. The topological polar surface area (TPSA) is 97.2 Å². The summed E-state index contributed by atoms with van der Waals surface area (Å²) in [5.41, 5.74) is 2.12. The summed E-state index contributed by atoms with van der Waals surface area (Å²) in [6.45, 7) is 2.95. The number of hydrogen-bond donors (Lipinski definition) is 1. The summed E-state index contributed by atoms with van der Waals surface area (Å²) in [5.74, 6) is -0.314. The maximum Gasteiger partial charge on any atom is 0.251 e. The summed E-state index contributed by atoms with van der Waals surface area (Å²) >= 11 is 0. The smallest absolute Gasteiger partial charge is 0.251 e. The van der Waals surface area contributed by atoms with Crippen molar-refractivity contribution >= 4 is 15.9 Å². The fourth-order valence-corrected chi connectivity index (χ4v) is 5.41. The molecule has 0 saturated carbocycles. The molecular formula is C23H27N5O3S. The van der Waals surface area contributed by atoms with E-state index < -0.39 is 10.0 Å². The molecule has 1 fully saturated rings. The highest BCUT2D eigenvalue weighted by atomic mass is 32.2. The van der Waals surface area contributed by atoms with Gasteiger partial charge in [-0.2, -0.15) is 9.40 Å². The third-order valence-electron chi connectivity index (χ3n) is 5.72. The summed E-state index contributed by atoms with van der Waals surface area (Å²) in [7, 11) is -3.61. The van der Waals surface area contributed by atoms with Gasteiger partial charge in [0.1, 0.15) is 12.7 Å². The Kier molecular flexibility index (Phi) is 6.66. The van der Waals surface area contributed by atoms with Crippen LogP contribution in [0.15, 0.2) is 66.1 Å². The molecule has 0 unspecified atom stereocenters. The van der Waals surface area contributed by atoms with Crippen molar-refractivity contribution in [3.05, 3.63) is 72.3 Å². The van der Waals surface area contributed by atoms with Gasteiger partial charge in [-0.05, 0) is 55.7 Å². The standard InChI is InChI=1S/C23H27N5O3S/c1-18(19-9-11-21(12-10-19)28-17-24-16-25-28)26-23(29)20-7-6-8-22(15-20)32(30,31)27-13-4-2-3-5-14-27/h6-12,15-18H,2-5,13-14H2,1H3,(H,26,29)/t18-/m1/s1. The third-order valence-corrected chi connectivity index (χ3v) is 7.62. The number of benzene rings is 2. The van der Waals surface area contributed by atoms with Crippen molar-refractivity contribution in [2.24, 2.45) is 0 Å². The molecule has 0 aliphatic carbocycles. The van der Waals surface area contributed by atoms with Crippen molar-refractivity contribution in [1.82, 2.24) is 24.4 Å². The second-order valence-corrected chi connectivity index (χ2v) is 9.91. The summed E-state index contributed by atoms with van der Waals surface area (Å²) in [6, 6.07) is 13.7. The molecule has 4 rings (SSSR count). The van der Waals surface area contributed by atoms with Crippen LogP contribution >= 0.6 is 0 Å². The van der Waals surface area contributed by atoms with Gasteiger partial charge in [-0.1, -0.05) is 31.0 Å². The van der Waals surface area contributed by atoms with E-state index in [1.807, 2.05) is 31.2 Å². The molecule has 168 valence electrons. The number of hydrogen-bond acceptors (Lipinski definition) is 5. The Hall–Kier alpha value is -3.04. The van der Waals surface area contributed by atoms with Crippen LogP contribution in [0.3, 0.4) is 0 Å². The van der Waals surface area contributed by atoms with E-state index >= 15 is 0 Å². The Morgan fingerprint density at radius 3 is 2.41 bits per heavy atom. The predicted octanol–water partition coefficient (Wildman–Crippen LogP) is 3.32. The molecule has 1 atom stereocenters. The van der Waals surface area contributed by atoms with Crippen molar-refractivity contribution in [3.8, 4) is 5.69 Å². The predicted molar refractivity (Wildman–Crippen MR) is 121 cm³/mol. The number of nitrogens with one attached hydrogen (secondary N) is 1. The van der Waals surface area contributed by atoms with Gasteiger partial charge >= 0.3 is 0 Å². The van der Waals surface area contributed by atoms with Gasteiger partial charge in [0.2, 0.25) is 10.0 Å². The normalized spacial score (nSPS) is 16.3. The van der Waals surface area contributed by atoms with Crippen molar-refractivity contribution < 1.29 is 13.2 Å². The largest absolute Gasteiger partial charge is 0.346 e. The van der Waals surface area contributed by atoms with Crippen LogP contribution in [-0.2, 0) is 10.0 Å². The lowest BCUT2D eigenvalue weighted by atomic mass is 10.1. The molecule has 0 bridgehead atoms. The van der Waals surface area contributed by atoms with Crippen LogP contribution in [0.25, 0.3) is 5.69 Å². The van der Waals surface area contributed by atoms with Gasteiger partial charge < -0.3 is 5.32 Å². The zero-order valence-electron chi connectivity index (χ0n) is 18.0. The van der Waals surface area contributed by atoms with Crippen LogP contribution in [0.5, 0.6) is 0 Å². The molecule has 32 heavy (non-hydrogen) atoms. The highest BCUT2D eigenvalue weighted by molar-refractivity contribution is 7.89. The maximum atomic E-state index is 13.1. The van der Waals surface area contributed by atoms with Crippen LogP contribution < -0.4 is 5.32 Å². The molecule has 9 heteroatoms. The van der Waals surface area contributed by atoms with Crippen LogP contribution in [0.2, 0.25) is 0 Å². The number of amides is 1. The molecule has 1 N–H and O–H groups in total. The molecule has 1 aromatic heterocycles. The van der Waals surface area contributed by atoms with Crippen LogP contribution in [-0.4, -0.2) is 46.5 Å². The first-order chi connectivity index (χ1) is 15.4. The van der Waals surface area contributed by atoms with Crippen molar-refractivity contribution in [2.75, 3.05) is 13.1 Å². The summed E-state index contributed by atoms with van der Waals surface area (Å²) < 4.78 is 29.3. The fraction of sp³-hybridized carbons (Fsp3) is 0.348. The monoisotopic (exact) mass is 453 g/mol. The van der Waals surface area contributed by atoms with Gasteiger partial charge in [-0.3, -0.25) is 4.79 Å². The summed E-state index contributed by atoms with van der Waals surface area (Å²) in [4.78, 5) is 17.0. The van der Waals surface area contributed by atoms with Gasteiger partial charge in [0.15, 0.2) is 0 Å². The highest BCUT2D eigenvalue weighted by Gasteiger charge is 2.26. The number of rotatable bonds is 6. The quantitative estimate of drug-likeness (QED) is 0.618.